The fourth-order valence-corrected chi connectivity index (χ4v) is 1.90. The van der Waals surface area contributed by atoms with Crippen LogP contribution in [-0.4, -0.2) is 20.8 Å². The highest BCUT2D eigenvalue weighted by atomic mass is 32.2. The van der Waals surface area contributed by atoms with Gasteiger partial charge < -0.3 is 0 Å². The van der Waals surface area contributed by atoms with E-state index in [1.165, 1.54) is 0 Å². The van der Waals surface area contributed by atoms with E-state index in [4.69, 9.17) is 5.26 Å². The molecule has 1 aromatic carbocycles. The number of nitrogens with zero attached hydrogens (tertiary/aromatic N) is 1. The molecule has 0 atom stereocenters. The molecule has 0 spiro atoms. The average molecular weight is 239 g/mol. The Balaban J connectivity index is 2.73. The molecule has 85 valence electrons. The minimum Gasteiger partial charge on any atom is -0.283 e. The molecule has 0 amide bonds. The van der Waals surface area contributed by atoms with Gasteiger partial charge in [-0.25, -0.2) is 13.5 Å². The Morgan fingerprint density at radius 2 is 1.88 bits per heavy atom. The molecule has 16 heavy (non-hydrogen) atoms. The zero-order valence-electron chi connectivity index (χ0n) is 8.51. The molecule has 0 saturated carbocycles. The van der Waals surface area contributed by atoms with Crippen molar-refractivity contribution in [3.05, 3.63) is 29.8 Å². The number of nitrogens with one attached hydrogen (secondary N) is 1. The van der Waals surface area contributed by atoms with E-state index in [0.717, 1.165) is 5.56 Å². The van der Waals surface area contributed by atoms with Crippen molar-refractivity contribution in [3.8, 4) is 6.07 Å². The molecule has 0 aliphatic carbocycles. The Kier molecular flexibility index (Phi) is 4.28. The second kappa shape index (κ2) is 5.49. The topological polar surface area (TPSA) is 89.9 Å². The van der Waals surface area contributed by atoms with Gasteiger partial charge in [0, 0.05) is 5.69 Å². The highest BCUT2D eigenvalue weighted by molar-refractivity contribution is 7.92. The summed E-state index contributed by atoms with van der Waals surface area (Å²) in [5.74, 6) is -0.574. The van der Waals surface area contributed by atoms with Crippen LogP contribution in [0.4, 0.5) is 5.69 Å². The maximum Gasteiger partial charge on any atom is 0.246 e. The van der Waals surface area contributed by atoms with E-state index >= 15 is 0 Å². The maximum absolute atomic E-state index is 11.2. The number of rotatable bonds is 5. The first-order chi connectivity index (χ1) is 7.57. The lowest BCUT2D eigenvalue weighted by Gasteiger charge is -2.05. The van der Waals surface area contributed by atoms with Gasteiger partial charge in [0.1, 0.15) is 0 Å². The first kappa shape index (κ1) is 12.5. The van der Waals surface area contributed by atoms with E-state index in [1.807, 2.05) is 0 Å². The van der Waals surface area contributed by atoms with Crippen molar-refractivity contribution >= 4 is 15.7 Å². The second-order valence-electron chi connectivity index (χ2n) is 3.17. The third-order valence-corrected chi connectivity index (χ3v) is 2.93. The van der Waals surface area contributed by atoms with Crippen molar-refractivity contribution < 1.29 is 13.5 Å². The summed E-state index contributed by atoms with van der Waals surface area (Å²) < 4.78 is 24.7. The van der Waals surface area contributed by atoms with Gasteiger partial charge in [-0.3, -0.25) is 4.72 Å². The first-order valence-corrected chi connectivity index (χ1v) is 6.27. The number of sulfonamides is 1. The highest BCUT2D eigenvalue weighted by Crippen LogP contribution is 2.11. The van der Waals surface area contributed by atoms with Crippen molar-refractivity contribution in [2.45, 2.75) is 6.42 Å². The second-order valence-corrected chi connectivity index (χ2v) is 4.89. The van der Waals surface area contributed by atoms with E-state index in [9.17, 15) is 13.5 Å². The van der Waals surface area contributed by atoms with Gasteiger partial charge in [0.2, 0.25) is 10.0 Å². The van der Waals surface area contributed by atoms with Gasteiger partial charge >= 0.3 is 0 Å². The normalized spacial score (nSPS) is 10.8. The average Bonchev–Trinajstić information content (AvgIpc) is 2.21. The lowest BCUT2D eigenvalue weighted by molar-refractivity contribution is 0.197. The molecule has 0 saturated heterocycles. The Labute approximate surface area is 94.4 Å². The zero-order chi connectivity index (χ0) is 12.0. The predicted molar refractivity (Wildman–Crippen MR) is 58.7 cm³/mol. The number of hydrogen-bond donors (Lipinski definition) is 1. The summed E-state index contributed by atoms with van der Waals surface area (Å²) in [5.41, 5.74) is 1.25. The summed E-state index contributed by atoms with van der Waals surface area (Å²) in [7, 11) is -3.58. The fraction of sp³-hybridized carbons (Fsp3) is 0.300. The lowest BCUT2D eigenvalue weighted by Crippen LogP contribution is -2.15. The number of anilines is 1. The quantitative estimate of drug-likeness (QED) is 0.828. The molecule has 0 heterocycles. The predicted octanol–water partition coefficient (Wildman–Crippen LogP) is 0.925. The van der Waals surface area contributed by atoms with E-state index in [-0.39, 0.29) is 6.61 Å². The van der Waals surface area contributed by atoms with E-state index in [0.29, 0.717) is 12.1 Å². The molecule has 1 N–H and O–H groups in total. The summed E-state index contributed by atoms with van der Waals surface area (Å²) in [6, 6.07) is 8.07. The summed E-state index contributed by atoms with van der Waals surface area (Å²) >= 11 is 0. The molecule has 0 fully saturated rings. The van der Waals surface area contributed by atoms with Gasteiger partial charge in [0.25, 0.3) is 0 Å². The van der Waals surface area contributed by atoms with Crippen LogP contribution in [0.15, 0.2) is 24.3 Å². The van der Waals surface area contributed by atoms with Crippen molar-refractivity contribution in [1.82, 2.24) is 0 Å². The van der Waals surface area contributed by atoms with Crippen molar-refractivity contribution in [2.75, 3.05) is 17.1 Å². The maximum atomic E-state index is 11.2. The highest BCUT2D eigenvalue weighted by Gasteiger charge is 2.08. The van der Waals surface area contributed by atoms with Crippen LogP contribution in [0.2, 0.25) is 0 Å². The van der Waals surface area contributed by atoms with Gasteiger partial charge in [0.15, 0.2) is 5.75 Å². The lowest BCUT2D eigenvalue weighted by atomic mass is 10.1. The summed E-state index contributed by atoms with van der Waals surface area (Å²) in [6.07, 6.45) is 0.422. The van der Waals surface area contributed by atoms with Crippen LogP contribution in [0, 0.1) is 11.3 Å². The molecule has 1 radical (unpaired) electrons. The molecular weight excluding hydrogens is 228 g/mol. The van der Waals surface area contributed by atoms with E-state index < -0.39 is 15.8 Å². The first-order valence-electron chi connectivity index (χ1n) is 4.62. The largest absolute Gasteiger partial charge is 0.283 e. The van der Waals surface area contributed by atoms with Crippen LogP contribution < -0.4 is 4.72 Å². The van der Waals surface area contributed by atoms with Gasteiger partial charge in [0.05, 0.1) is 12.7 Å². The van der Waals surface area contributed by atoms with Crippen LogP contribution in [0.25, 0.3) is 0 Å². The summed E-state index contributed by atoms with van der Waals surface area (Å²) in [6.45, 7) is -0.195. The fourth-order valence-electron chi connectivity index (χ4n) is 1.16. The van der Waals surface area contributed by atoms with Gasteiger partial charge in [-0.1, -0.05) is 12.1 Å². The zero-order valence-corrected chi connectivity index (χ0v) is 9.33. The molecular formula is C10H11N2O3S. The molecule has 0 aliphatic rings. The Bertz CT molecular complexity index is 474. The molecule has 5 nitrogen and oxygen atoms in total. The van der Waals surface area contributed by atoms with Crippen LogP contribution in [0.5, 0.6) is 0 Å². The van der Waals surface area contributed by atoms with Crippen LogP contribution >= 0.6 is 0 Å². The van der Waals surface area contributed by atoms with Crippen LogP contribution in [0.3, 0.4) is 0 Å². The van der Waals surface area contributed by atoms with Crippen LogP contribution in [0.1, 0.15) is 5.56 Å². The number of benzene rings is 1. The van der Waals surface area contributed by atoms with Gasteiger partial charge in [-0.05, 0) is 24.1 Å². The van der Waals surface area contributed by atoms with E-state index in [2.05, 4.69) is 4.72 Å². The summed E-state index contributed by atoms with van der Waals surface area (Å²) in [5, 5.41) is 18.6. The minimum absolute atomic E-state index is 0.195. The van der Waals surface area contributed by atoms with Crippen molar-refractivity contribution in [3.63, 3.8) is 0 Å². The van der Waals surface area contributed by atoms with Crippen molar-refractivity contribution in [2.24, 2.45) is 0 Å². The minimum atomic E-state index is -3.58. The monoisotopic (exact) mass is 239 g/mol. The third-order valence-electron chi connectivity index (χ3n) is 1.87. The molecule has 0 unspecified atom stereocenters. The molecule has 0 aliphatic heterocycles. The number of nitriles is 1. The summed E-state index contributed by atoms with van der Waals surface area (Å²) in [4.78, 5) is 0. The molecule has 0 aromatic heterocycles. The Hall–Kier alpha value is -1.58. The standard InChI is InChI=1S/C10H11N2O3S/c11-6-8-16(14,15)12-10-3-1-9(2-4-10)5-7-13/h1-4,12H,5,7-8H2. The number of hydrogen-bond acceptors (Lipinski definition) is 3. The van der Waals surface area contributed by atoms with E-state index in [1.54, 1.807) is 30.3 Å². The molecule has 6 heteroatoms. The smallest absolute Gasteiger partial charge is 0.246 e. The van der Waals surface area contributed by atoms with Crippen LogP contribution in [-0.2, 0) is 21.6 Å². The third kappa shape index (κ3) is 3.88. The Morgan fingerprint density at radius 1 is 1.25 bits per heavy atom. The molecule has 0 bridgehead atoms. The molecule has 1 aromatic rings. The molecule has 1 rings (SSSR count). The van der Waals surface area contributed by atoms with Crippen molar-refractivity contribution in [1.29, 1.82) is 5.26 Å². The van der Waals surface area contributed by atoms with Gasteiger partial charge in [-0.15, -0.1) is 0 Å². The van der Waals surface area contributed by atoms with Gasteiger partial charge in [-0.2, -0.15) is 5.26 Å². The Morgan fingerprint density at radius 3 is 2.38 bits per heavy atom. The SMILES string of the molecule is N#CCS(=O)(=O)Nc1ccc(CC[O])cc1.